The smallest absolute Gasteiger partial charge is 0.0809 e. The number of ether oxygens (including phenoxy) is 16. The molecule has 0 spiro atoms. The van der Waals surface area contributed by atoms with Crippen LogP contribution in [0.4, 0.5) is 0 Å². The summed E-state index contributed by atoms with van der Waals surface area (Å²) >= 11 is 0. The first kappa shape index (κ1) is 104. The zero-order valence-corrected chi connectivity index (χ0v) is 67.7. The molecule has 602 valence electrons. The quantitative estimate of drug-likeness (QED) is 0.0278. The molecule has 0 aliphatic heterocycles. The Balaban J connectivity index is -0.000000608. The van der Waals surface area contributed by atoms with Crippen molar-refractivity contribution >= 4 is 0 Å². The SMILES string of the molecule is CC(C)COCC(C)COCCCCCCOCC(C)OCC(C)N.CC(N)COC(C)COCCCC(C)OCC(C)OCC(C)N.CCC(N)COC(CC)COCC(C)OCC(CC)OCC(N)CC.CCCCCCC(COCC(C)OCC(C)N)OCC(C)OCC(C)N. The maximum Gasteiger partial charge on any atom is 0.0809 e. The average molecular weight is 1440 g/mol. The normalized spacial score (nSPS) is 17.3. The molecule has 0 aromatic heterocycles. The molecule has 0 aromatic carbocycles. The van der Waals surface area contributed by atoms with Gasteiger partial charge in [-0.1, -0.05) is 93.9 Å². The standard InChI is InChI=1S/C20H44N2O4.C20H43NO4.C19H42N2O4.C17H38N2O4/c1-6-7-8-9-10-20(26-14-19(5)25-12-17(3)22)15-23-13-18(4)24-11-16(2)21;1-17(2)12-24-14-18(3)13-22-10-8-6-7-9-11-23-16-20(5)25-15-19(4)21;1-6-16(20)11-24-18(8-3)13-22-10-15(5)23-14-19(9-4)25-12-17(21)7-2;1-13(18)9-21-16(4)11-20-8-6-7-15(3)23-12-17(5)22-10-14(2)19/h16-20H,6-15,21-22H2,1-5H3;17-20H,6-16,21H2,1-5H3;15-19H,6-14,20-21H2,1-5H3;13-17H,6-12,18-19H2,1-5H3. The van der Waals surface area contributed by atoms with Crippen molar-refractivity contribution in [1.82, 2.24) is 0 Å². The summed E-state index contributed by atoms with van der Waals surface area (Å²) in [5.74, 6) is 1.07. The molecule has 14 N–H and O–H groups in total. The van der Waals surface area contributed by atoms with Gasteiger partial charge in [-0.25, -0.2) is 0 Å². The second kappa shape index (κ2) is 75.3. The van der Waals surface area contributed by atoms with E-state index in [1.54, 1.807) is 0 Å². The summed E-state index contributed by atoms with van der Waals surface area (Å²) in [6.45, 7) is 54.8. The zero-order valence-electron chi connectivity index (χ0n) is 67.7. The molecule has 0 heterocycles. The predicted octanol–water partition coefficient (Wildman–Crippen LogP) is 10.7. The molecule has 0 aliphatic rings. The highest BCUT2D eigenvalue weighted by molar-refractivity contribution is 4.66. The molecule has 0 saturated heterocycles. The van der Waals surface area contributed by atoms with Gasteiger partial charge >= 0.3 is 0 Å². The van der Waals surface area contributed by atoms with E-state index >= 15 is 0 Å². The minimum atomic E-state index is 0.0212. The van der Waals surface area contributed by atoms with Crippen molar-refractivity contribution in [2.75, 3.05) is 145 Å². The van der Waals surface area contributed by atoms with E-state index in [1.165, 1.54) is 32.1 Å². The minimum absolute atomic E-state index is 0.0212. The largest absolute Gasteiger partial charge is 0.381 e. The number of hydrogen-bond donors (Lipinski definition) is 7. The van der Waals surface area contributed by atoms with E-state index in [0.29, 0.717) is 118 Å². The van der Waals surface area contributed by atoms with Gasteiger partial charge in [-0.2, -0.15) is 0 Å². The van der Waals surface area contributed by atoms with Crippen LogP contribution in [0.3, 0.4) is 0 Å². The molecule has 18 unspecified atom stereocenters. The van der Waals surface area contributed by atoms with Gasteiger partial charge in [0.25, 0.3) is 0 Å². The van der Waals surface area contributed by atoms with Crippen LogP contribution in [0.5, 0.6) is 0 Å². The van der Waals surface area contributed by atoms with Gasteiger partial charge in [0.15, 0.2) is 0 Å². The molecule has 99 heavy (non-hydrogen) atoms. The average Bonchev–Trinajstić information content (AvgIpc) is 1.65. The predicted molar refractivity (Wildman–Crippen MR) is 408 cm³/mol. The third kappa shape index (κ3) is 84.2. The molecular formula is C76H167N7O16. The van der Waals surface area contributed by atoms with Crippen LogP contribution in [0, 0.1) is 11.8 Å². The summed E-state index contributed by atoms with van der Waals surface area (Å²) in [6, 6.07) is 0.499. The lowest BCUT2D eigenvalue weighted by Crippen LogP contribution is -2.32. The van der Waals surface area contributed by atoms with Crippen LogP contribution in [-0.4, -0.2) is 249 Å². The lowest BCUT2D eigenvalue weighted by atomic mass is 10.1. The van der Waals surface area contributed by atoms with Gasteiger partial charge in [0.2, 0.25) is 0 Å². The fourth-order valence-corrected chi connectivity index (χ4v) is 8.43. The van der Waals surface area contributed by atoms with Gasteiger partial charge < -0.3 is 116 Å². The molecule has 18 atom stereocenters. The molecule has 23 heteroatoms. The van der Waals surface area contributed by atoms with Crippen LogP contribution < -0.4 is 40.1 Å². The Hall–Kier alpha value is -0.920. The summed E-state index contributed by atoms with van der Waals surface area (Å²) in [5.41, 5.74) is 40.1. The lowest BCUT2D eigenvalue weighted by Gasteiger charge is -2.22. The molecule has 0 rings (SSSR count). The lowest BCUT2D eigenvalue weighted by molar-refractivity contribution is -0.0814. The molecule has 0 aromatic rings. The van der Waals surface area contributed by atoms with Crippen LogP contribution >= 0.6 is 0 Å². The number of rotatable bonds is 68. The molecule has 0 aliphatic carbocycles. The Morgan fingerprint density at radius 3 is 0.929 bits per heavy atom. The Morgan fingerprint density at radius 2 is 0.535 bits per heavy atom. The van der Waals surface area contributed by atoms with E-state index in [2.05, 4.69) is 62.3 Å². The van der Waals surface area contributed by atoms with Gasteiger partial charge in [-0.3, -0.25) is 0 Å². The fraction of sp³-hybridized carbons (Fsp3) is 1.00. The van der Waals surface area contributed by atoms with Crippen LogP contribution in [0.2, 0.25) is 0 Å². The van der Waals surface area contributed by atoms with Crippen LogP contribution in [0.25, 0.3) is 0 Å². The minimum Gasteiger partial charge on any atom is -0.381 e. The third-order valence-electron chi connectivity index (χ3n) is 14.9. The van der Waals surface area contributed by atoms with Crippen LogP contribution in [0.15, 0.2) is 0 Å². The third-order valence-corrected chi connectivity index (χ3v) is 14.9. The summed E-state index contributed by atoms with van der Waals surface area (Å²) in [4.78, 5) is 0. The molecule has 0 radical (unpaired) electrons. The second-order valence-electron chi connectivity index (χ2n) is 28.7. The second-order valence-corrected chi connectivity index (χ2v) is 28.7. The fourth-order valence-electron chi connectivity index (χ4n) is 8.43. The Bertz CT molecular complexity index is 1580. The van der Waals surface area contributed by atoms with Crippen molar-refractivity contribution in [1.29, 1.82) is 0 Å². The maximum absolute atomic E-state index is 6.04. The number of unbranched alkanes of at least 4 members (excludes halogenated alkanes) is 6. The summed E-state index contributed by atoms with van der Waals surface area (Å²) < 4.78 is 91.3. The highest BCUT2D eigenvalue weighted by atomic mass is 16.6. The van der Waals surface area contributed by atoms with E-state index in [4.69, 9.17) is 116 Å². The molecular weight excluding hydrogens is 1270 g/mol. The first-order valence-electron chi connectivity index (χ1n) is 38.9. The van der Waals surface area contributed by atoms with E-state index in [9.17, 15) is 0 Å². The zero-order chi connectivity index (χ0) is 75.4. The van der Waals surface area contributed by atoms with E-state index < -0.39 is 0 Å². The highest BCUT2D eigenvalue weighted by Crippen LogP contribution is 2.13. The van der Waals surface area contributed by atoms with Gasteiger partial charge in [0.1, 0.15) is 0 Å². The van der Waals surface area contributed by atoms with Gasteiger partial charge in [-0.15, -0.1) is 0 Å². The Labute approximate surface area is 608 Å². The molecule has 0 amide bonds. The summed E-state index contributed by atoms with van der Waals surface area (Å²) in [6.07, 6.45) is 16.9. The molecule has 0 fully saturated rings. The van der Waals surface area contributed by atoms with E-state index in [-0.39, 0.29) is 103 Å². The van der Waals surface area contributed by atoms with Gasteiger partial charge in [0.05, 0.1) is 180 Å². The Morgan fingerprint density at radius 1 is 0.222 bits per heavy atom. The highest BCUT2D eigenvalue weighted by Gasteiger charge is 2.17. The topological polar surface area (TPSA) is 330 Å². The number of nitrogens with two attached hydrogens (primary N) is 7. The maximum atomic E-state index is 6.04. The van der Waals surface area contributed by atoms with Crippen molar-refractivity contribution in [2.45, 2.75) is 338 Å². The van der Waals surface area contributed by atoms with Crippen molar-refractivity contribution in [3.63, 3.8) is 0 Å². The first-order valence-corrected chi connectivity index (χ1v) is 38.9. The van der Waals surface area contributed by atoms with Crippen molar-refractivity contribution in [3.8, 4) is 0 Å². The van der Waals surface area contributed by atoms with Gasteiger partial charge in [-0.05, 0) is 147 Å². The van der Waals surface area contributed by atoms with Gasteiger partial charge in [0, 0.05) is 74.6 Å². The summed E-state index contributed by atoms with van der Waals surface area (Å²) in [5, 5.41) is 0. The first-order chi connectivity index (χ1) is 47.0. The van der Waals surface area contributed by atoms with Crippen molar-refractivity contribution in [3.05, 3.63) is 0 Å². The Kier molecular flexibility index (Phi) is 79.5. The number of hydrogen-bond acceptors (Lipinski definition) is 23. The monoisotopic (exact) mass is 1430 g/mol. The van der Waals surface area contributed by atoms with Crippen molar-refractivity contribution in [2.24, 2.45) is 52.0 Å². The van der Waals surface area contributed by atoms with Crippen LogP contribution in [0.1, 0.15) is 235 Å². The van der Waals surface area contributed by atoms with Crippen LogP contribution in [-0.2, 0) is 75.8 Å². The van der Waals surface area contributed by atoms with Crippen molar-refractivity contribution < 1.29 is 75.8 Å². The summed E-state index contributed by atoms with van der Waals surface area (Å²) in [7, 11) is 0. The van der Waals surface area contributed by atoms with E-state index in [1.807, 2.05) is 76.2 Å². The molecule has 0 bridgehead atoms. The van der Waals surface area contributed by atoms with E-state index in [0.717, 1.165) is 104 Å². The molecule has 23 nitrogen and oxygen atoms in total. The molecule has 0 saturated carbocycles.